The minimum atomic E-state index is -0.447. The van der Waals surface area contributed by atoms with Gasteiger partial charge in [0.25, 0.3) is 11.1 Å². The number of carbonyl (C=O) groups is 1. The predicted molar refractivity (Wildman–Crippen MR) is 105 cm³/mol. The van der Waals surface area contributed by atoms with Gasteiger partial charge in [-0.1, -0.05) is 48.5 Å². The van der Waals surface area contributed by atoms with Gasteiger partial charge in [0.05, 0.1) is 5.56 Å². The summed E-state index contributed by atoms with van der Waals surface area (Å²) in [6.07, 6.45) is 1.85. The standard InChI is InChI=1S/C20H18N4O2S/c1-24(2)19(25)17(13-8-4-3-5-9-13)27-20-23-22-18(26-20)15-12-21-16-11-7-6-10-14(15)16/h3-12,17,21H,1-2H3/t17-/m1/s1. The second-order valence-corrected chi connectivity index (χ2v) is 7.32. The van der Waals surface area contributed by atoms with E-state index in [1.54, 1.807) is 19.0 Å². The first-order valence-corrected chi connectivity index (χ1v) is 9.34. The molecule has 0 fully saturated rings. The molecule has 2 aromatic heterocycles. The molecule has 0 aliphatic rings. The lowest BCUT2D eigenvalue weighted by Crippen LogP contribution is -2.26. The number of carbonyl (C=O) groups excluding carboxylic acids is 1. The van der Waals surface area contributed by atoms with E-state index in [9.17, 15) is 4.79 Å². The van der Waals surface area contributed by atoms with E-state index in [1.807, 2.05) is 60.8 Å². The molecule has 0 saturated carbocycles. The van der Waals surface area contributed by atoms with Crippen molar-refractivity contribution >= 4 is 28.6 Å². The molecule has 2 aromatic carbocycles. The molecule has 2 heterocycles. The van der Waals surface area contributed by atoms with E-state index in [0.29, 0.717) is 11.1 Å². The minimum absolute atomic E-state index is 0.0296. The van der Waals surface area contributed by atoms with Crippen LogP contribution in [0, 0.1) is 0 Å². The van der Waals surface area contributed by atoms with Crippen LogP contribution in [0.15, 0.2) is 70.4 Å². The number of hydrogen-bond donors (Lipinski definition) is 1. The van der Waals surface area contributed by atoms with Crippen LogP contribution in [0.1, 0.15) is 10.8 Å². The highest BCUT2D eigenvalue weighted by Gasteiger charge is 2.26. The van der Waals surface area contributed by atoms with Crippen molar-refractivity contribution in [3.8, 4) is 11.5 Å². The molecule has 1 N–H and O–H groups in total. The topological polar surface area (TPSA) is 75.0 Å². The summed E-state index contributed by atoms with van der Waals surface area (Å²) in [4.78, 5) is 17.4. The molecule has 4 rings (SSSR count). The third kappa shape index (κ3) is 3.46. The first-order valence-electron chi connectivity index (χ1n) is 8.46. The van der Waals surface area contributed by atoms with E-state index in [0.717, 1.165) is 22.0 Å². The summed E-state index contributed by atoms with van der Waals surface area (Å²) in [5, 5.41) is 9.25. The maximum absolute atomic E-state index is 12.7. The molecular formula is C20H18N4O2S. The number of para-hydroxylation sites is 1. The van der Waals surface area contributed by atoms with Crippen LogP contribution in [0.4, 0.5) is 0 Å². The van der Waals surface area contributed by atoms with E-state index in [4.69, 9.17) is 4.42 Å². The van der Waals surface area contributed by atoms with E-state index in [2.05, 4.69) is 15.2 Å². The summed E-state index contributed by atoms with van der Waals surface area (Å²) in [6.45, 7) is 0. The monoisotopic (exact) mass is 378 g/mol. The van der Waals surface area contributed by atoms with E-state index >= 15 is 0 Å². The normalized spacial score (nSPS) is 12.2. The number of hydrogen-bond acceptors (Lipinski definition) is 5. The Balaban J connectivity index is 1.64. The quantitative estimate of drug-likeness (QED) is 0.528. The lowest BCUT2D eigenvalue weighted by molar-refractivity contribution is -0.128. The molecule has 0 saturated heterocycles. The Morgan fingerprint density at radius 1 is 1.07 bits per heavy atom. The van der Waals surface area contributed by atoms with Gasteiger partial charge >= 0.3 is 0 Å². The zero-order valence-corrected chi connectivity index (χ0v) is 15.7. The van der Waals surface area contributed by atoms with Crippen LogP contribution in [0.3, 0.4) is 0 Å². The first-order chi connectivity index (χ1) is 13.1. The SMILES string of the molecule is CN(C)C(=O)[C@H](Sc1nnc(-c2c[nH]c3ccccc23)o1)c1ccccc1. The van der Waals surface area contributed by atoms with Gasteiger partial charge in [0.15, 0.2) is 0 Å². The van der Waals surface area contributed by atoms with Gasteiger partial charge in [0.2, 0.25) is 5.91 Å². The third-order valence-electron chi connectivity index (χ3n) is 4.21. The Bertz CT molecular complexity index is 1070. The average molecular weight is 378 g/mol. The second kappa shape index (κ2) is 7.28. The molecule has 0 spiro atoms. The molecule has 0 unspecified atom stereocenters. The molecule has 6 nitrogen and oxygen atoms in total. The second-order valence-electron chi connectivity index (χ2n) is 6.26. The van der Waals surface area contributed by atoms with Crippen molar-refractivity contribution < 1.29 is 9.21 Å². The predicted octanol–water partition coefficient (Wildman–Crippen LogP) is 4.14. The molecule has 136 valence electrons. The van der Waals surface area contributed by atoms with Gasteiger partial charge in [0.1, 0.15) is 5.25 Å². The van der Waals surface area contributed by atoms with Crippen LogP contribution >= 0.6 is 11.8 Å². The fraction of sp³-hybridized carbons (Fsp3) is 0.150. The number of nitrogens with zero attached hydrogens (tertiary/aromatic N) is 3. The number of benzene rings is 2. The molecule has 0 aliphatic heterocycles. The highest BCUT2D eigenvalue weighted by molar-refractivity contribution is 8.00. The van der Waals surface area contributed by atoms with Gasteiger partial charge in [-0.05, 0) is 23.4 Å². The average Bonchev–Trinajstić information content (AvgIpc) is 3.32. The van der Waals surface area contributed by atoms with Gasteiger partial charge in [-0.15, -0.1) is 10.2 Å². The number of thioether (sulfide) groups is 1. The molecule has 0 bridgehead atoms. The number of fused-ring (bicyclic) bond motifs is 1. The van der Waals surface area contributed by atoms with Crippen molar-refractivity contribution in [2.75, 3.05) is 14.1 Å². The number of amides is 1. The van der Waals surface area contributed by atoms with Crippen LogP contribution in [-0.4, -0.2) is 40.1 Å². The number of aromatic amines is 1. The van der Waals surface area contributed by atoms with Crippen molar-refractivity contribution in [1.82, 2.24) is 20.1 Å². The molecule has 0 aliphatic carbocycles. The lowest BCUT2D eigenvalue weighted by atomic mass is 10.1. The summed E-state index contributed by atoms with van der Waals surface area (Å²) in [5.74, 6) is 0.400. The maximum atomic E-state index is 12.7. The summed E-state index contributed by atoms with van der Waals surface area (Å²) in [6, 6.07) is 17.5. The Kier molecular flexibility index (Phi) is 4.68. The third-order valence-corrected chi connectivity index (χ3v) is 5.29. The summed E-state index contributed by atoms with van der Waals surface area (Å²) < 4.78 is 5.87. The highest BCUT2D eigenvalue weighted by atomic mass is 32.2. The van der Waals surface area contributed by atoms with E-state index in [1.165, 1.54) is 11.8 Å². The van der Waals surface area contributed by atoms with Crippen LogP contribution in [0.5, 0.6) is 0 Å². The van der Waals surface area contributed by atoms with Crippen LogP contribution < -0.4 is 0 Å². The molecule has 1 atom stereocenters. The van der Waals surface area contributed by atoms with Crippen molar-refractivity contribution in [2.24, 2.45) is 0 Å². The Hall–Kier alpha value is -3.06. The van der Waals surface area contributed by atoms with Crippen LogP contribution in [0.25, 0.3) is 22.4 Å². The lowest BCUT2D eigenvalue weighted by Gasteiger charge is -2.18. The number of rotatable bonds is 5. The zero-order valence-electron chi connectivity index (χ0n) is 14.9. The fourth-order valence-corrected chi connectivity index (χ4v) is 3.86. The molecule has 0 radical (unpaired) electrons. The van der Waals surface area contributed by atoms with Crippen molar-refractivity contribution in [3.63, 3.8) is 0 Å². The highest BCUT2D eigenvalue weighted by Crippen LogP contribution is 2.37. The smallest absolute Gasteiger partial charge is 0.277 e. The molecule has 1 amide bonds. The summed E-state index contributed by atoms with van der Waals surface area (Å²) in [5.41, 5.74) is 2.75. The Labute approximate surface area is 160 Å². The van der Waals surface area contributed by atoms with Crippen molar-refractivity contribution in [3.05, 3.63) is 66.4 Å². The molecule has 7 heteroatoms. The Morgan fingerprint density at radius 2 is 1.81 bits per heavy atom. The van der Waals surface area contributed by atoms with Crippen molar-refractivity contribution in [1.29, 1.82) is 0 Å². The number of H-pyrrole nitrogens is 1. The van der Waals surface area contributed by atoms with E-state index < -0.39 is 5.25 Å². The molecular weight excluding hydrogens is 360 g/mol. The van der Waals surface area contributed by atoms with Crippen LogP contribution in [-0.2, 0) is 4.79 Å². The van der Waals surface area contributed by atoms with Gasteiger partial charge in [-0.25, -0.2) is 0 Å². The molecule has 27 heavy (non-hydrogen) atoms. The van der Waals surface area contributed by atoms with Crippen molar-refractivity contribution in [2.45, 2.75) is 10.5 Å². The maximum Gasteiger partial charge on any atom is 0.277 e. The largest absolute Gasteiger partial charge is 0.411 e. The Morgan fingerprint density at radius 3 is 2.59 bits per heavy atom. The number of aromatic nitrogens is 3. The van der Waals surface area contributed by atoms with Gasteiger partial charge in [0, 0.05) is 31.2 Å². The van der Waals surface area contributed by atoms with Gasteiger partial charge in [-0.3, -0.25) is 4.79 Å². The number of nitrogens with one attached hydrogen (secondary N) is 1. The van der Waals surface area contributed by atoms with Gasteiger partial charge < -0.3 is 14.3 Å². The van der Waals surface area contributed by atoms with Gasteiger partial charge in [-0.2, -0.15) is 0 Å². The fourth-order valence-electron chi connectivity index (χ4n) is 2.84. The zero-order chi connectivity index (χ0) is 18.8. The first kappa shape index (κ1) is 17.4. The summed E-state index contributed by atoms with van der Waals surface area (Å²) in [7, 11) is 3.48. The molecule has 4 aromatic rings. The summed E-state index contributed by atoms with van der Waals surface area (Å²) >= 11 is 1.26. The number of likely N-dealkylation sites (N-methyl/N-ethyl adjacent to an activating group) is 1. The minimum Gasteiger partial charge on any atom is -0.411 e. The van der Waals surface area contributed by atoms with Crippen LogP contribution in [0.2, 0.25) is 0 Å². The van der Waals surface area contributed by atoms with E-state index in [-0.39, 0.29) is 5.91 Å².